The molecule has 0 amide bonds. The van der Waals surface area contributed by atoms with Crippen molar-refractivity contribution in [1.29, 1.82) is 0 Å². The predicted octanol–water partition coefficient (Wildman–Crippen LogP) is 10.4. The molecule has 0 aromatic heterocycles. The maximum Gasteiger partial charge on any atom is 0.524 e. The van der Waals surface area contributed by atoms with E-state index in [1.54, 1.807) is 69.9 Å². The average molecular weight is 1040 g/mol. The number of phosphoric acid groups is 1. The summed E-state index contributed by atoms with van der Waals surface area (Å²) in [7, 11) is 7.49. The monoisotopic (exact) mass is 1040 g/mol. The Hall–Kier alpha value is -3.08. The van der Waals surface area contributed by atoms with Crippen molar-refractivity contribution >= 4 is 95.0 Å². The van der Waals surface area contributed by atoms with Crippen LogP contribution in [0.2, 0.25) is 0 Å². The number of halogens is 4. The Morgan fingerprint density at radius 3 is 1.07 bits per heavy atom. The number of rotatable bonds is 14. The van der Waals surface area contributed by atoms with E-state index in [-0.39, 0.29) is 59.8 Å². The molecule has 0 saturated heterocycles. The molecule has 0 saturated carbocycles. The number of methoxy groups -OCH3 is 8. The van der Waals surface area contributed by atoms with Crippen LogP contribution in [0.25, 0.3) is 24.3 Å². The smallest absolute Gasteiger partial charge is 0.504 e. The topological polar surface area (TPSA) is 178 Å². The zero-order valence-corrected chi connectivity index (χ0v) is 39.6. The molecule has 4 rings (SSSR count). The Morgan fingerprint density at radius 1 is 0.474 bits per heavy atom. The van der Waals surface area contributed by atoms with Gasteiger partial charge in [-0.05, 0) is 105 Å². The molecule has 313 valence electrons. The summed E-state index contributed by atoms with van der Waals surface area (Å²) in [6, 6.07) is 17.2. The summed E-state index contributed by atoms with van der Waals surface area (Å²) in [5.41, 5.74) is 3.15. The first-order valence-electron chi connectivity index (χ1n) is 15.4. The molecule has 14 nitrogen and oxygen atoms in total. The second-order valence-corrected chi connectivity index (χ2v) is 18.2. The van der Waals surface area contributed by atoms with E-state index in [1.807, 2.05) is 30.4 Å². The van der Waals surface area contributed by atoms with Crippen LogP contribution < -0.4 is 42.4 Å². The van der Waals surface area contributed by atoms with E-state index in [0.29, 0.717) is 45.8 Å². The first-order chi connectivity index (χ1) is 25.9. The first-order valence-corrected chi connectivity index (χ1v) is 21.3. The Labute approximate surface area is 374 Å². The quantitative estimate of drug-likeness (QED) is 0.0617. The van der Waals surface area contributed by atoms with Gasteiger partial charge < -0.3 is 47.5 Å². The molecule has 0 aliphatic carbocycles. The second-order valence-electron chi connectivity index (χ2n) is 10.4. The molecule has 0 spiro atoms. The summed E-state index contributed by atoms with van der Waals surface area (Å²) in [5.74, 6) is 3.92. The third-order valence-electron chi connectivity index (χ3n) is 6.92. The zero-order chi connectivity index (χ0) is 41.3. The van der Waals surface area contributed by atoms with Gasteiger partial charge in [0.15, 0.2) is 46.0 Å². The van der Waals surface area contributed by atoms with Gasteiger partial charge in [0.2, 0.25) is 11.5 Å². The minimum absolute atomic E-state index is 0. The van der Waals surface area contributed by atoms with Gasteiger partial charge >= 0.3 is 13.0 Å². The summed E-state index contributed by atoms with van der Waals surface area (Å²) in [4.78, 5) is 18.1. The van der Waals surface area contributed by atoms with E-state index in [9.17, 15) is 14.2 Å². The number of phenols is 1. The van der Waals surface area contributed by atoms with E-state index >= 15 is 0 Å². The molecule has 0 aliphatic rings. The van der Waals surface area contributed by atoms with Gasteiger partial charge in [-0.1, -0.05) is 36.4 Å². The maximum absolute atomic E-state index is 11.1. The normalized spacial score (nSPS) is 10.7. The molecule has 4 aromatic rings. The fraction of sp³-hybridized carbons (Fsp3) is 0.222. The number of hydrogen-bond acceptors (Lipinski definition) is 12. The Balaban J connectivity index is 0.000000961. The molecule has 0 aliphatic heterocycles. The number of hydrogen-bond donors (Lipinski definition) is 3. The van der Waals surface area contributed by atoms with Gasteiger partial charge in [0.05, 0.1) is 56.9 Å². The molecule has 0 atom stereocenters. The standard InChI is InChI=1S/C18H21O8P.C18H20O5.Cl3OP.HI.V/c1-22-14-8-7-12(9-15(14)26-27(19,20)21)5-6-13-10-16(23-2)18(25-4)17(11-13)24-3;1-20-15-8-7-12(9-14(15)19)5-6-13-10-16(21-2)18(23-4)17(11-13)22-3;1-5(2,3)4;;/h5-11H,1-4H3,(H2,19,20,21);5-11,19H,1-4H3;;1H;/b2*6-5-;;;. The Kier molecular flexibility index (Phi) is 24.7. The van der Waals surface area contributed by atoms with E-state index < -0.39 is 13.0 Å². The number of aromatic hydroxyl groups is 1. The molecule has 4 aromatic carbocycles. The molecule has 1 radical (unpaired) electrons. The van der Waals surface area contributed by atoms with E-state index in [2.05, 4.69) is 38.2 Å². The molecule has 0 heterocycles. The van der Waals surface area contributed by atoms with Crippen LogP contribution >= 0.6 is 70.7 Å². The summed E-state index contributed by atoms with van der Waals surface area (Å²) in [6.45, 7) is 0. The fourth-order valence-electron chi connectivity index (χ4n) is 4.59. The van der Waals surface area contributed by atoms with E-state index in [1.165, 1.54) is 41.6 Å². The van der Waals surface area contributed by atoms with Gasteiger partial charge in [-0.25, -0.2) is 4.57 Å². The Morgan fingerprint density at radius 2 is 0.772 bits per heavy atom. The van der Waals surface area contributed by atoms with E-state index in [0.717, 1.165) is 16.7 Å². The van der Waals surface area contributed by atoms with Crippen LogP contribution in [0.3, 0.4) is 0 Å². The Bertz CT molecular complexity index is 1990. The van der Waals surface area contributed by atoms with Crippen molar-refractivity contribution in [3.8, 4) is 57.5 Å². The average Bonchev–Trinajstić information content (AvgIpc) is 3.14. The first kappa shape index (κ1) is 53.9. The van der Waals surface area contributed by atoms with Gasteiger partial charge in [-0.3, -0.25) is 14.4 Å². The molecule has 21 heteroatoms. The van der Waals surface area contributed by atoms with Gasteiger partial charge in [0, 0.05) is 18.6 Å². The zero-order valence-electron chi connectivity index (χ0n) is 31.8. The summed E-state index contributed by atoms with van der Waals surface area (Å²) < 4.78 is 67.2. The molecule has 57 heavy (non-hydrogen) atoms. The van der Waals surface area contributed by atoms with Gasteiger partial charge in [0.1, 0.15) is 0 Å². The van der Waals surface area contributed by atoms with Gasteiger partial charge in [0.25, 0.3) is 0 Å². The fourth-order valence-corrected chi connectivity index (χ4v) is 4.99. The van der Waals surface area contributed by atoms with Crippen molar-refractivity contribution in [2.24, 2.45) is 0 Å². The van der Waals surface area contributed by atoms with Crippen molar-refractivity contribution in [3.63, 3.8) is 0 Å². The van der Waals surface area contributed by atoms with Crippen molar-refractivity contribution in [1.82, 2.24) is 0 Å². The molecule has 0 fully saturated rings. The van der Waals surface area contributed by atoms with Gasteiger partial charge in [-0.2, -0.15) is 0 Å². The summed E-state index contributed by atoms with van der Waals surface area (Å²) in [6.07, 6.45) is 7.30. The number of ether oxygens (including phenoxy) is 8. The van der Waals surface area contributed by atoms with E-state index in [4.69, 9.17) is 47.7 Å². The van der Waals surface area contributed by atoms with Crippen molar-refractivity contribution in [2.75, 3.05) is 56.9 Å². The number of phenolic OH excluding ortho intramolecular Hbond substituents is 1. The molecule has 0 unspecified atom stereocenters. The van der Waals surface area contributed by atoms with Crippen LogP contribution in [0.4, 0.5) is 0 Å². The minimum Gasteiger partial charge on any atom is -0.504 e. The van der Waals surface area contributed by atoms with Crippen LogP contribution in [0, 0.1) is 0 Å². The molecule has 0 bridgehead atoms. The largest absolute Gasteiger partial charge is 0.524 e. The third-order valence-corrected chi connectivity index (χ3v) is 7.35. The van der Waals surface area contributed by atoms with Crippen LogP contribution in [0.5, 0.6) is 57.5 Å². The van der Waals surface area contributed by atoms with Crippen molar-refractivity contribution in [2.45, 2.75) is 0 Å². The number of phosphoric ester groups is 1. The van der Waals surface area contributed by atoms with Crippen LogP contribution in [-0.4, -0.2) is 71.8 Å². The predicted molar refractivity (Wildman–Crippen MR) is 231 cm³/mol. The second kappa shape index (κ2) is 26.1. The van der Waals surface area contributed by atoms with Crippen LogP contribution in [0.15, 0.2) is 60.7 Å². The third kappa shape index (κ3) is 18.6. The van der Waals surface area contributed by atoms with Crippen LogP contribution in [-0.2, 0) is 27.7 Å². The number of benzene rings is 4. The molecular weight excluding hydrogens is 1000 g/mol. The molecular formula is C36H42Cl3IO14P2V. The summed E-state index contributed by atoms with van der Waals surface area (Å²) in [5, 5.41) is 6.58. The SMILES string of the molecule is COc1ccc(/C=C\c2cc(OC)c(OC)c(OC)c2)cc1O.COc1ccc(/C=C\c2cc(OC)c(OC)c(OC)c2)cc1OP(=O)(O)O.I.O=P(Cl)(Cl)Cl.[V]. The molecule has 3 N–H and O–H groups in total. The maximum atomic E-state index is 11.1. The van der Waals surface area contributed by atoms with Crippen LogP contribution in [0.1, 0.15) is 22.3 Å². The van der Waals surface area contributed by atoms with Crippen molar-refractivity contribution < 1.29 is 85.0 Å². The summed E-state index contributed by atoms with van der Waals surface area (Å²) >= 11 is 13.8. The van der Waals surface area contributed by atoms with Gasteiger partial charge in [-0.15, -0.1) is 24.0 Å². The minimum atomic E-state index is -4.71. The van der Waals surface area contributed by atoms with Crippen molar-refractivity contribution in [3.05, 3.63) is 82.9 Å².